The van der Waals surface area contributed by atoms with Crippen molar-refractivity contribution in [2.24, 2.45) is 5.92 Å². The number of halogens is 2. The van der Waals surface area contributed by atoms with Gasteiger partial charge in [-0.25, -0.2) is 13.8 Å². The number of likely N-dealkylation sites (tertiary alicyclic amines) is 1. The van der Waals surface area contributed by atoms with Crippen molar-refractivity contribution in [3.05, 3.63) is 53.6 Å². The molecule has 0 aliphatic carbocycles. The monoisotopic (exact) mass is 344 g/mol. The molecule has 6 rings (SSSR count). The van der Waals surface area contributed by atoms with Crippen LogP contribution in [-0.4, -0.2) is 51.5 Å². The number of nitrogens with zero attached hydrogens (tertiary/aromatic N) is 3. The third kappa shape index (κ3) is 2.42. The molecule has 3 atom stereocenters. The Bertz CT molecular complexity index is 755. The third-order valence-corrected chi connectivity index (χ3v) is 6.38. The summed E-state index contributed by atoms with van der Waals surface area (Å²) in [4.78, 5) is 12.5. The van der Waals surface area contributed by atoms with Crippen LogP contribution in [0.1, 0.15) is 30.1 Å². The van der Waals surface area contributed by atoms with E-state index in [4.69, 9.17) is 0 Å². The Kier molecular flexibility index (Phi) is 3.64. The molecule has 0 unspecified atom stereocenters. The molecular formula is C19H22F2N4. The van der Waals surface area contributed by atoms with Crippen molar-refractivity contribution in [1.82, 2.24) is 19.8 Å². The summed E-state index contributed by atoms with van der Waals surface area (Å²) in [6, 6.07) is 5.28. The zero-order valence-corrected chi connectivity index (χ0v) is 14.0. The van der Waals surface area contributed by atoms with E-state index in [1.54, 1.807) is 18.3 Å². The van der Waals surface area contributed by atoms with Crippen LogP contribution in [-0.2, 0) is 6.54 Å². The number of hydrogen-bond donors (Lipinski definition) is 1. The van der Waals surface area contributed by atoms with Gasteiger partial charge in [0.15, 0.2) is 11.6 Å². The number of H-pyrrole nitrogens is 1. The van der Waals surface area contributed by atoms with E-state index in [0.29, 0.717) is 17.5 Å². The van der Waals surface area contributed by atoms with Gasteiger partial charge in [-0.3, -0.25) is 9.80 Å². The van der Waals surface area contributed by atoms with Gasteiger partial charge in [-0.1, -0.05) is 12.1 Å². The smallest absolute Gasteiger partial charge is 0.162 e. The molecule has 0 radical (unpaired) electrons. The Balaban J connectivity index is 1.52. The van der Waals surface area contributed by atoms with Gasteiger partial charge in [0.2, 0.25) is 0 Å². The standard InChI is InChI=1S/C19H22F2N4/c20-15-3-1-2-13(17(15)21)14-10-25(11-16-22-6-7-23-16)18-12-4-8-24(9-5-12)19(14)18/h1-3,6-7,12,14,18-19H,4-5,8-11H2,(H,22,23)/t14-,18-,19-/m1/s1. The van der Waals surface area contributed by atoms with Crippen molar-refractivity contribution in [2.45, 2.75) is 37.4 Å². The quantitative estimate of drug-likeness (QED) is 0.930. The number of benzene rings is 1. The SMILES string of the molecule is Fc1cccc([C@H]2CN(Cc3ncc[nH]3)[C@@H]3C4CCN(CC4)[C@H]23)c1F. The first-order chi connectivity index (χ1) is 12.2. The number of hydrogen-bond acceptors (Lipinski definition) is 3. The Morgan fingerprint density at radius 1 is 1.16 bits per heavy atom. The van der Waals surface area contributed by atoms with Gasteiger partial charge >= 0.3 is 0 Å². The number of fused-ring (bicyclic) bond motifs is 2. The van der Waals surface area contributed by atoms with Crippen molar-refractivity contribution in [2.75, 3.05) is 19.6 Å². The van der Waals surface area contributed by atoms with E-state index in [1.807, 2.05) is 6.20 Å². The fourth-order valence-electron chi connectivity index (χ4n) is 5.38. The minimum absolute atomic E-state index is 0.0127. The highest BCUT2D eigenvalue weighted by molar-refractivity contribution is 5.29. The summed E-state index contributed by atoms with van der Waals surface area (Å²) < 4.78 is 28.4. The van der Waals surface area contributed by atoms with Crippen molar-refractivity contribution >= 4 is 0 Å². The molecule has 4 aliphatic rings. The van der Waals surface area contributed by atoms with Gasteiger partial charge in [-0.15, -0.1) is 0 Å². The Labute approximate surface area is 145 Å². The number of imidazole rings is 1. The first kappa shape index (κ1) is 15.5. The van der Waals surface area contributed by atoms with Crippen LogP contribution in [0.2, 0.25) is 0 Å². The van der Waals surface area contributed by atoms with Crippen LogP contribution in [0.4, 0.5) is 8.78 Å². The maximum absolute atomic E-state index is 14.5. The molecule has 2 bridgehead atoms. The zero-order chi connectivity index (χ0) is 17.0. The molecule has 0 saturated carbocycles. The van der Waals surface area contributed by atoms with Crippen LogP contribution in [0.5, 0.6) is 0 Å². The van der Waals surface area contributed by atoms with Crippen molar-refractivity contribution in [3.8, 4) is 0 Å². The normalized spacial score (nSPS) is 34.4. The lowest BCUT2D eigenvalue weighted by Gasteiger charge is -2.51. The first-order valence-electron chi connectivity index (χ1n) is 9.12. The first-order valence-corrected chi connectivity index (χ1v) is 9.12. The predicted molar refractivity (Wildman–Crippen MR) is 90.0 cm³/mol. The van der Waals surface area contributed by atoms with Crippen LogP contribution in [0.3, 0.4) is 0 Å². The zero-order valence-electron chi connectivity index (χ0n) is 14.0. The molecule has 4 nitrogen and oxygen atoms in total. The molecule has 1 aromatic carbocycles. The second-order valence-electron chi connectivity index (χ2n) is 7.57. The van der Waals surface area contributed by atoms with Crippen LogP contribution in [0.25, 0.3) is 0 Å². The lowest BCUT2D eigenvalue weighted by molar-refractivity contribution is -0.00942. The molecule has 2 aromatic rings. The number of aromatic nitrogens is 2. The van der Waals surface area contributed by atoms with Gasteiger partial charge in [0.1, 0.15) is 5.82 Å². The van der Waals surface area contributed by atoms with E-state index in [-0.39, 0.29) is 12.0 Å². The van der Waals surface area contributed by atoms with Gasteiger partial charge in [-0.05, 0) is 43.5 Å². The Hall–Kier alpha value is -1.79. The lowest BCUT2D eigenvalue weighted by Crippen LogP contribution is -2.60. The lowest BCUT2D eigenvalue weighted by atomic mass is 9.75. The number of piperidine rings is 3. The van der Waals surface area contributed by atoms with E-state index >= 15 is 0 Å². The highest BCUT2D eigenvalue weighted by atomic mass is 19.2. The summed E-state index contributed by atoms with van der Waals surface area (Å²) in [5.41, 5.74) is 0.532. The summed E-state index contributed by atoms with van der Waals surface area (Å²) in [6.07, 6.45) is 6.01. The molecular weight excluding hydrogens is 322 g/mol. The predicted octanol–water partition coefficient (Wildman–Crippen LogP) is 2.75. The second-order valence-corrected chi connectivity index (χ2v) is 7.57. The largest absolute Gasteiger partial charge is 0.348 e. The van der Waals surface area contributed by atoms with Crippen molar-refractivity contribution in [3.63, 3.8) is 0 Å². The van der Waals surface area contributed by atoms with Crippen LogP contribution in [0, 0.1) is 17.6 Å². The maximum atomic E-state index is 14.5. The number of aromatic amines is 1. The number of rotatable bonds is 3. The summed E-state index contributed by atoms with van der Waals surface area (Å²) in [6.45, 7) is 3.65. The van der Waals surface area contributed by atoms with E-state index in [0.717, 1.165) is 32.0 Å². The van der Waals surface area contributed by atoms with Gasteiger partial charge < -0.3 is 4.98 Å². The topological polar surface area (TPSA) is 35.2 Å². The molecule has 1 N–H and O–H groups in total. The van der Waals surface area contributed by atoms with Crippen LogP contribution in [0.15, 0.2) is 30.6 Å². The molecule has 4 fully saturated rings. The van der Waals surface area contributed by atoms with E-state index < -0.39 is 11.6 Å². The maximum Gasteiger partial charge on any atom is 0.162 e. The Morgan fingerprint density at radius 2 is 2.00 bits per heavy atom. The summed E-state index contributed by atoms with van der Waals surface area (Å²) in [5.74, 6) is 0.184. The number of nitrogens with one attached hydrogen (secondary N) is 1. The fraction of sp³-hybridized carbons (Fsp3) is 0.526. The highest BCUT2D eigenvalue weighted by Gasteiger charge is 2.53. The molecule has 4 aliphatic heterocycles. The van der Waals surface area contributed by atoms with Crippen molar-refractivity contribution in [1.29, 1.82) is 0 Å². The second kappa shape index (κ2) is 5.88. The summed E-state index contributed by atoms with van der Waals surface area (Å²) in [5, 5.41) is 0. The van der Waals surface area contributed by atoms with E-state index in [1.165, 1.54) is 18.9 Å². The molecule has 132 valence electrons. The van der Waals surface area contributed by atoms with Crippen molar-refractivity contribution < 1.29 is 8.78 Å². The van der Waals surface area contributed by atoms with Crippen LogP contribution >= 0.6 is 0 Å². The average molecular weight is 344 g/mol. The molecule has 1 aromatic heterocycles. The molecule has 0 spiro atoms. The Morgan fingerprint density at radius 3 is 2.76 bits per heavy atom. The molecule has 6 heteroatoms. The van der Waals surface area contributed by atoms with Gasteiger partial charge in [0.05, 0.1) is 6.54 Å². The molecule has 0 amide bonds. The third-order valence-electron chi connectivity index (χ3n) is 6.38. The van der Waals surface area contributed by atoms with Gasteiger partial charge in [-0.2, -0.15) is 0 Å². The molecule has 25 heavy (non-hydrogen) atoms. The molecule has 4 saturated heterocycles. The minimum Gasteiger partial charge on any atom is -0.348 e. The van der Waals surface area contributed by atoms with Gasteiger partial charge in [0, 0.05) is 36.9 Å². The average Bonchev–Trinajstić information content (AvgIpc) is 3.28. The summed E-state index contributed by atoms with van der Waals surface area (Å²) >= 11 is 0. The fourth-order valence-corrected chi connectivity index (χ4v) is 5.38. The van der Waals surface area contributed by atoms with E-state index in [9.17, 15) is 8.78 Å². The molecule has 5 heterocycles. The van der Waals surface area contributed by atoms with Crippen LogP contribution < -0.4 is 0 Å². The minimum atomic E-state index is -0.741. The highest BCUT2D eigenvalue weighted by Crippen LogP contribution is 2.47. The summed E-state index contributed by atoms with van der Waals surface area (Å²) in [7, 11) is 0. The van der Waals surface area contributed by atoms with Gasteiger partial charge in [0.25, 0.3) is 0 Å². The van der Waals surface area contributed by atoms with E-state index in [2.05, 4.69) is 19.8 Å².